The highest BCUT2D eigenvalue weighted by atomic mass is 16.5. The lowest BCUT2D eigenvalue weighted by Crippen LogP contribution is -2.07. The Morgan fingerprint density at radius 1 is 0.962 bits per heavy atom. The number of benzene rings is 2. The number of ether oxygens (including phenoxy) is 1. The Morgan fingerprint density at radius 3 is 2.46 bits per heavy atom. The van der Waals surface area contributed by atoms with Gasteiger partial charge in [-0.15, -0.1) is 0 Å². The van der Waals surface area contributed by atoms with E-state index >= 15 is 0 Å². The van der Waals surface area contributed by atoms with Crippen molar-refractivity contribution in [3.63, 3.8) is 0 Å². The summed E-state index contributed by atoms with van der Waals surface area (Å²) in [4.78, 5) is 9.01. The molecule has 0 saturated carbocycles. The molecule has 2 N–H and O–H groups in total. The average Bonchev–Trinajstić information content (AvgIpc) is 2.66. The summed E-state index contributed by atoms with van der Waals surface area (Å²) in [5, 5.41) is 6.62. The van der Waals surface area contributed by atoms with Crippen LogP contribution < -0.4 is 15.4 Å². The molecule has 0 radical (unpaired) electrons. The molecule has 0 spiro atoms. The average molecular weight is 348 g/mol. The zero-order chi connectivity index (χ0) is 18.2. The predicted molar refractivity (Wildman–Crippen MR) is 106 cm³/mol. The lowest BCUT2D eigenvalue weighted by atomic mass is 10.1. The molecule has 0 atom stereocenters. The Labute approximate surface area is 154 Å². The number of nitrogens with one attached hydrogen (secondary N) is 2. The summed E-state index contributed by atoms with van der Waals surface area (Å²) in [5.41, 5.74) is 3.20. The molecule has 3 rings (SSSR count). The zero-order valence-electron chi connectivity index (χ0n) is 15.2. The standard InChI is InChI=1S/C21H24N4O/c1-16-15-20(22-14-6-9-17-7-4-3-5-8-17)25-21(23-16)24-18-10-12-19(26-2)13-11-18/h3-5,7-8,10-13,15H,6,9,14H2,1-2H3,(H2,22,23,24,25). The van der Waals surface area contributed by atoms with Crippen LogP contribution in [0.25, 0.3) is 0 Å². The Bertz CT molecular complexity index is 819. The van der Waals surface area contributed by atoms with Gasteiger partial charge in [-0.1, -0.05) is 30.3 Å². The summed E-state index contributed by atoms with van der Waals surface area (Å²) < 4.78 is 5.18. The van der Waals surface area contributed by atoms with Gasteiger partial charge in [-0.25, -0.2) is 4.98 Å². The number of aryl methyl sites for hydroxylation is 2. The fourth-order valence-corrected chi connectivity index (χ4v) is 2.67. The van der Waals surface area contributed by atoms with Crippen molar-refractivity contribution in [3.05, 3.63) is 71.9 Å². The second kappa shape index (κ2) is 8.85. The minimum atomic E-state index is 0.584. The maximum Gasteiger partial charge on any atom is 0.229 e. The van der Waals surface area contributed by atoms with Crippen LogP contribution in [0.5, 0.6) is 5.75 Å². The van der Waals surface area contributed by atoms with Crippen LogP contribution >= 0.6 is 0 Å². The van der Waals surface area contributed by atoms with Gasteiger partial charge in [0, 0.05) is 24.0 Å². The van der Waals surface area contributed by atoms with Gasteiger partial charge >= 0.3 is 0 Å². The summed E-state index contributed by atoms with van der Waals surface area (Å²) in [6.07, 6.45) is 2.10. The fraction of sp³-hybridized carbons (Fsp3) is 0.238. The van der Waals surface area contributed by atoms with E-state index in [2.05, 4.69) is 44.9 Å². The van der Waals surface area contributed by atoms with Crippen molar-refractivity contribution in [1.29, 1.82) is 0 Å². The molecular weight excluding hydrogens is 324 g/mol. The van der Waals surface area contributed by atoms with Crippen LogP contribution in [0.2, 0.25) is 0 Å². The number of hydrogen-bond donors (Lipinski definition) is 2. The third kappa shape index (κ3) is 5.21. The van der Waals surface area contributed by atoms with Crippen LogP contribution in [0.1, 0.15) is 17.7 Å². The van der Waals surface area contributed by atoms with Crippen molar-refractivity contribution in [2.75, 3.05) is 24.3 Å². The van der Waals surface area contributed by atoms with E-state index in [1.165, 1.54) is 5.56 Å². The van der Waals surface area contributed by atoms with Gasteiger partial charge in [0.1, 0.15) is 11.6 Å². The zero-order valence-corrected chi connectivity index (χ0v) is 15.2. The smallest absolute Gasteiger partial charge is 0.229 e. The molecule has 0 bridgehead atoms. The molecule has 5 heteroatoms. The normalized spacial score (nSPS) is 10.4. The Balaban J connectivity index is 1.56. The van der Waals surface area contributed by atoms with Gasteiger partial charge in [-0.05, 0) is 49.6 Å². The maximum atomic E-state index is 5.18. The second-order valence-electron chi connectivity index (χ2n) is 6.09. The van der Waals surface area contributed by atoms with Crippen LogP contribution in [-0.2, 0) is 6.42 Å². The number of anilines is 3. The van der Waals surface area contributed by atoms with Crippen LogP contribution in [0, 0.1) is 6.92 Å². The molecule has 0 aliphatic heterocycles. The summed E-state index contributed by atoms with van der Waals surface area (Å²) >= 11 is 0. The van der Waals surface area contributed by atoms with Crippen molar-refractivity contribution in [3.8, 4) is 5.75 Å². The number of nitrogens with zero attached hydrogens (tertiary/aromatic N) is 2. The molecule has 1 heterocycles. The highest BCUT2D eigenvalue weighted by Gasteiger charge is 2.03. The minimum absolute atomic E-state index is 0.584. The molecule has 0 saturated heterocycles. The van der Waals surface area contributed by atoms with Gasteiger partial charge in [-0.3, -0.25) is 0 Å². The summed E-state index contributed by atoms with van der Waals surface area (Å²) in [6, 6.07) is 20.2. The molecule has 3 aromatic rings. The monoisotopic (exact) mass is 348 g/mol. The van der Waals surface area contributed by atoms with Crippen molar-refractivity contribution in [2.24, 2.45) is 0 Å². The van der Waals surface area contributed by atoms with E-state index < -0.39 is 0 Å². The molecule has 0 aliphatic rings. The number of rotatable bonds is 8. The van der Waals surface area contributed by atoms with Crippen LogP contribution in [0.15, 0.2) is 60.7 Å². The van der Waals surface area contributed by atoms with Crippen molar-refractivity contribution >= 4 is 17.5 Å². The van der Waals surface area contributed by atoms with Crippen LogP contribution in [0.4, 0.5) is 17.5 Å². The van der Waals surface area contributed by atoms with Gasteiger partial charge in [0.2, 0.25) is 5.95 Å². The quantitative estimate of drug-likeness (QED) is 0.584. The first-order valence-corrected chi connectivity index (χ1v) is 8.77. The molecular formula is C21H24N4O. The predicted octanol–water partition coefficient (Wildman–Crippen LogP) is 4.58. The maximum absolute atomic E-state index is 5.18. The number of methoxy groups -OCH3 is 1. The first-order valence-electron chi connectivity index (χ1n) is 8.77. The van der Waals surface area contributed by atoms with Gasteiger partial charge in [0.05, 0.1) is 7.11 Å². The lowest BCUT2D eigenvalue weighted by molar-refractivity contribution is 0.415. The SMILES string of the molecule is COc1ccc(Nc2nc(C)cc(NCCCc3ccccc3)n2)cc1. The largest absolute Gasteiger partial charge is 0.497 e. The number of hydrogen-bond acceptors (Lipinski definition) is 5. The minimum Gasteiger partial charge on any atom is -0.497 e. The highest BCUT2D eigenvalue weighted by Crippen LogP contribution is 2.19. The summed E-state index contributed by atoms with van der Waals surface area (Å²) in [7, 11) is 1.65. The highest BCUT2D eigenvalue weighted by molar-refractivity contribution is 5.56. The molecule has 5 nitrogen and oxygen atoms in total. The van der Waals surface area contributed by atoms with E-state index in [4.69, 9.17) is 4.74 Å². The first kappa shape index (κ1) is 17.7. The van der Waals surface area contributed by atoms with Crippen molar-refractivity contribution in [1.82, 2.24) is 9.97 Å². The molecule has 1 aromatic heterocycles. The molecule has 2 aromatic carbocycles. The summed E-state index contributed by atoms with van der Waals surface area (Å²) in [5.74, 6) is 2.24. The topological polar surface area (TPSA) is 59.1 Å². The Morgan fingerprint density at radius 2 is 1.73 bits per heavy atom. The van der Waals surface area contributed by atoms with E-state index in [1.54, 1.807) is 7.11 Å². The molecule has 0 unspecified atom stereocenters. The Hall–Kier alpha value is -3.08. The Kier molecular flexibility index (Phi) is 6.04. The van der Waals surface area contributed by atoms with E-state index in [0.717, 1.165) is 42.3 Å². The third-order valence-corrected chi connectivity index (χ3v) is 3.99. The molecule has 0 aliphatic carbocycles. The molecule has 0 amide bonds. The van der Waals surface area contributed by atoms with Gasteiger partial charge < -0.3 is 15.4 Å². The molecule has 26 heavy (non-hydrogen) atoms. The molecule has 0 fully saturated rings. The van der Waals surface area contributed by atoms with Crippen molar-refractivity contribution in [2.45, 2.75) is 19.8 Å². The first-order chi connectivity index (χ1) is 12.7. The van der Waals surface area contributed by atoms with Gasteiger partial charge in [-0.2, -0.15) is 4.98 Å². The van der Waals surface area contributed by atoms with E-state index in [0.29, 0.717) is 5.95 Å². The van der Waals surface area contributed by atoms with Crippen LogP contribution in [0.3, 0.4) is 0 Å². The van der Waals surface area contributed by atoms with Gasteiger partial charge in [0.25, 0.3) is 0 Å². The van der Waals surface area contributed by atoms with E-state index in [9.17, 15) is 0 Å². The third-order valence-electron chi connectivity index (χ3n) is 3.99. The molecule has 134 valence electrons. The van der Waals surface area contributed by atoms with E-state index in [1.807, 2.05) is 43.3 Å². The second-order valence-corrected chi connectivity index (χ2v) is 6.09. The van der Waals surface area contributed by atoms with E-state index in [-0.39, 0.29) is 0 Å². The summed E-state index contributed by atoms with van der Waals surface area (Å²) in [6.45, 7) is 2.84. The van der Waals surface area contributed by atoms with Crippen molar-refractivity contribution < 1.29 is 4.74 Å². The van der Waals surface area contributed by atoms with Crippen LogP contribution in [-0.4, -0.2) is 23.6 Å². The number of aromatic nitrogens is 2. The van der Waals surface area contributed by atoms with Gasteiger partial charge in [0.15, 0.2) is 0 Å². The lowest BCUT2D eigenvalue weighted by Gasteiger charge is -2.10. The fourth-order valence-electron chi connectivity index (χ4n) is 2.67.